The molecule has 2 rings (SSSR count). The molecule has 0 aromatic heterocycles. The molecule has 0 radical (unpaired) electrons. The van der Waals surface area contributed by atoms with Crippen LogP contribution in [0.5, 0.6) is 5.75 Å². The van der Waals surface area contributed by atoms with Crippen LogP contribution in [-0.4, -0.2) is 50.3 Å². The van der Waals surface area contributed by atoms with Crippen LogP contribution < -0.4 is 15.4 Å². The maximum Gasteiger partial charge on any atom is 0.317 e. The summed E-state index contributed by atoms with van der Waals surface area (Å²) < 4.78 is 18.2. The minimum Gasteiger partial charge on any atom is -0.492 e. The predicted octanol–water partition coefficient (Wildman–Crippen LogP) is 0.819. The molecule has 0 saturated carbocycles. The highest BCUT2D eigenvalue weighted by atomic mass is 19.1. The van der Waals surface area contributed by atoms with Crippen LogP contribution in [0.4, 0.5) is 9.18 Å². The van der Waals surface area contributed by atoms with E-state index in [2.05, 4.69) is 10.6 Å². The Morgan fingerprint density at radius 3 is 2.95 bits per heavy atom. The second-order valence-electron chi connectivity index (χ2n) is 4.27. The molecule has 6 heteroatoms. The van der Waals surface area contributed by atoms with E-state index in [-0.39, 0.29) is 11.8 Å². The number of carbonyl (C=O) groups excluding carboxylic acids is 1. The van der Waals surface area contributed by atoms with Gasteiger partial charge in [-0.15, -0.1) is 0 Å². The van der Waals surface area contributed by atoms with Crippen LogP contribution >= 0.6 is 0 Å². The van der Waals surface area contributed by atoms with E-state index in [1.54, 1.807) is 17.0 Å². The average Bonchev–Trinajstić information content (AvgIpc) is 2.44. The third-order valence-corrected chi connectivity index (χ3v) is 2.85. The third kappa shape index (κ3) is 4.40. The first kappa shape index (κ1) is 13.6. The van der Waals surface area contributed by atoms with Gasteiger partial charge in [-0.2, -0.15) is 0 Å². The average molecular weight is 267 g/mol. The summed E-state index contributed by atoms with van der Waals surface area (Å²) >= 11 is 0. The van der Waals surface area contributed by atoms with Crippen LogP contribution in [0.25, 0.3) is 0 Å². The normalized spacial score (nSPS) is 15.1. The van der Waals surface area contributed by atoms with E-state index in [1.807, 2.05) is 0 Å². The van der Waals surface area contributed by atoms with Gasteiger partial charge in [-0.1, -0.05) is 6.07 Å². The van der Waals surface area contributed by atoms with E-state index in [1.165, 1.54) is 12.1 Å². The SMILES string of the molecule is O=C(NCCOc1cccc(F)c1)N1CCNCC1. The largest absolute Gasteiger partial charge is 0.492 e. The molecule has 1 aliphatic heterocycles. The van der Waals surface area contributed by atoms with Gasteiger partial charge >= 0.3 is 6.03 Å². The summed E-state index contributed by atoms with van der Waals surface area (Å²) in [4.78, 5) is 13.5. The smallest absolute Gasteiger partial charge is 0.317 e. The molecule has 0 bridgehead atoms. The number of nitrogens with one attached hydrogen (secondary N) is 2. The summed E-state index contributed by atoms with van der Waals surface area (Å²) in [6, 6.07) is 5.87. The number of ether oxygens (including phenoxy) is 1. The Labute approximate surface area is 111 Å². The zero-order valence-electron chi connectivity index (χ0n) is 10.7. The van der Waals surface area contributed by atoms with Crippen molar-refractivity contribution < 1.29 is 13.9 Å². The van der Waals surface area contributed by atoms with Crippen molar-refractivity contribution in [2.24, 2.45) is 0 Å². The second-order valence-corrected chi connectivity index (χ2v) is 4.27. The zero-order chi connectivity index (χ0) is 13.5. The fourth-order valence-corrected chi connectivity index (χ4v) is 1.86. The van der Waals surface area contributed by atoms with Crippen LogP contribution in [-0.2, 0) is 0 Å². The fourth-order valence-electron chi connectivity index (χ4n) is 1.86. The number of amides is 2. The number of hydrogen-bond acceptors (Lipinski definition) is 3. The predicted molar refractivity (Wildman–Crippen MR) is 69.7 cm³/mol. The van der Waals surface area contributed by atoms with E-state index in [9.17, 15) is 9.18 Å². The molecule has 104 valence electrons. The van der Waals surface area contributed by atoms with Gasteiger partial charge in [0.1, 0.15) is 18.2 Å². The standard InChI is InChI=1S/C13H18FN3O2/c14-11-2-1-3-12(10-11)19-9-6-16-13(18)17-7-4-15-5-8-17/h1-3,10,15H,4-9H2,(H,16,18). The van der Waals surface area contributed by atoms with Gasteiger partial charge in [-0.25, -0.2) is 9.18 Å². The first-order chi connectivity index (χ1) is 9.25. The number of halogens is 1. The molecule has 1 heterocycles. The van der Waals surface area contributed by atoms with Gasteiger partial charge in [-0.05, 0) is 12.1 Å². The summed E-state index contributed by atoms with van der Waals surface area (Å²) in [6.45, 7) is 3.81. The highest BCUT2D eigenvalue weighted by Gasteiger charge is 2.14. The summed E-state index contributed by atoms with van der Waals surface area (Å²) in [5, 5.41) is 5.96. The van der Waals surface area contributed by atoms with Crippen molar-refractivity contribution >= 4 is 6.03 Å². The number of nitrogens with zero attached hydrogens (tertiary/aromatic N) is 1. The minimum absolute atomic E-state index is 0.0793. The van der Waals surface area contributed by atoms with E-state index in [0.29, 0.717) is 18.9 Å². The summed E-state index contributed by atoms with van der Waals surface area (Å²) in [6.07, 6.45) is 0. The van der Waals surface area contributed by atoms with Gasteiger partial charge < -0.3 is 20.3 Å². The Hall–Kier alpha value is -1.82. The fraction of sp³-hybridized carbons (Fsp3) is 0.462. The number of piperazine rings is 1. The Kier molecular flexibility index (Phi) is 4.97. The Balaban J connectivity index is 1.65. The maximum absolute atomic E-state index is 12.9. The molecule has 19 heavy (non-hydrogen) atoms. The molecule has 0 spiro atoms. The summed E-state index contributed by atoms with van der Waals surface area (Å²) in [5.74, 6) is 0.138. The number of hydrogen-bond donors (Lipinski definition) is 2. The second kappa shape index (κ2) is 6.94. The van der Waals surface area contributed by atoms with Crippen molar-refractivity contribution in [3.8, 4) is 5.75 Å². The van der Waals surface area contributed by atoms with Crippen LogP contribution in [0.3, 0.4) is 0 Å². The van der Waals surface area contributed by atoms with E-state index < -0.39 is 0 Å². The van der Waals surface area contributed by atoms with Gasteiger partial charge in [0.15, 0.2) is 0 Å². The van der Waals surface area contributed by atoms with Crippen molar-refractivity contribution in [1.82, 2.24) is 15.5 Å². The van der Waals surface area contributed by atoms with Crippen molar-refractivity contribution in [3.05, 3.63) is 30.1 Å². The van der Waals surface area contributed by atoms with Crippen LogP contribution in [0.15, 0.2) is 24.3 Å². The molecule has 1 aromatic carbocycles. The van der Waals surface area contributed by atoms with E-state index in [4.69, 9.17) is 4.74 Å². The molecule has 0 atom stereocenters. The van der Waals surface area contributed by atoms with Gasteiger partial charge in [0.2, 0.25) is 0 Å². The molecule has 0 unspecified atom stereocenters. The molecule has 1 aliphatic rings. The Morgan fingerprint density at radius 1 is 1.42 bits per heavy atom. The summed E-state index contributed by atoms with van der Waals surface area (Å²) in [7, 11) is 0. The third-order valence-electron chi connectivity index (χ3n) is 2.85. The number of urea groups is 1. The lowest BCUT2D eigenvalue weighted by Gasteiger charge is -2.27. The molecule has 1 aromatic rings. The molecular formula is C13H18FN3O2. The van der Waals surface area contributed by atoms with Gasteiger partial charge in [0.05, 0.1) is 6.54 Å². The zero-order valence-corrected chi connectivity index (χ0v) is 10.7. The first-order valence-corrected chi connectivity index (χ1v) is 6.37. The number of rotatable bonds is 4. The molecule has 5 nitrogen and oxygen atoms in total. The number of carbonyl (C=O) groups is 1. The quantitative estimate of drug-likeness (QED) is 0.794. The lowest BCUT2D eigenvalue weighted by atomic mass is 10.3. The van der Waals surface area contributed by atoms with Crippen molar-refractivity contribution in [2.75, 3.05) is 39.3 Å². The van der Waals surface area contributed by atoms with Crippen LogP contribution in [0.1, 0.15) is 0 Å². The van der Waals surface area contributed by atoms with Crippen molar-refractivity contribution in [3.63, 3.8) is 0 Å². The van der Waals surface area contributed by atoms with Gasteiger partial charge in [0.25, 0.3) is 0 Å². The lowest BCUT2D eigenvalue weighted by Crippen LogP contribution is -2.50. The molecule has 2 N–H and O–H groups in total. The highest BCUT2D eigenvalue weighted by molar-refractivity contribution is 5.74. The lowest BCUT2D eigenvalue weighted by molar-refractivity contribution is 0.187. The number of benzene rings is 1. The van der Waals surface area contributed by atoms with Crippen molar-refractivity contribution in [2.45, 2.75) is 0 Å². The van der Waals surface area contributed by atoms with Crippen molar-refractivity contribution in [1.29, 1.82) is 0 Å². The topological polar surface area (TPSA) is 53.6 Å². The summed E-state index contributed by atoms with van der Waals surface area (Å²) in [5.41, 5.74) is 0. The molecule has 2 amide bonds. The maximum atomic E-state index is 12.9. The van der Waals surface area contributed by atoms with Gasteiger partial charge in [-0.3, -0.25) is 0 Å². The monoisotopic (exact) mass is 267 g/mol. The van der Waals surface area contributed by atoms with E-state index >= 15 is 0 Å². The first-order valence-electron chi connectivity index (χ1n) is 6.37. The van der Waals surface area contributed by atoms with Gasteiger partial charge in [0, 0.05) is 32.2 Å². The van der Waals surface area contributed by atoms with Crippen LogP contribution in [0, 0.1) is 5.82 Å². The molecule has 0 aliphatic carbocycles. The highest BCUT2D eigenvalue weighted by Crippen LogP contribution is 2.11. The van der Waals surface area contributed by atoms with E-state index in [0.717, 1.165) is 26.2 Å². The van der Waals surface area contributed by atoms with Crippen LogP contribution in [0.2, 0.25) is 0 Å². The molecular weight excluding hydrogens is 249 g/mol. The Morgan fingerprint density at radius 2 is 2.21 bits per heavy atom. The molecule has 1 saturated heterocycles. The Bertz CT molecular complexity index is 422. The molecule has 1 fully saturated rings. The minimum atomic E-state index is -0.331.